The summed E-state index contributed by atoms with van der Waals surface area (Å²) in [5.41, 5.74) is 6.70. The molecule has 5 rings (SSSR count). The molecule has 1 saturated carbocycles. The second-order valence-electron chi connectivity index (χ2n) is 9.34. The lowest BCUT2D eigenvalue weighted by Crippen LogP contribution is -2.71. The Bertz CT molecular complexity index is 1380. The second-order valence-corrected chi connectivity index (χ2v) is 11.2. The maximum absolute atomic E-state index is 13.2. The zero-order chi connectivity index (χ0) is 27.7. The number of nitrogens with one attached hydrogen (secondary N) is 1. The molecule has 2 fully saturated rings. The maximum Gasteiger partial charge on any atom is 0.336 e. The number of aromatic nitrogens is 3. The van der Waals surface area contributed by atoms with Gasteiger partial charge in [0.15, 0.2) is 29.9 Å². The third-order valence-corrected chi connectivity index (χ3v) is 8.52. The van der Waals surface area contributed by atoms with E-state index in [1.807, 2.05) is 0 Å². The van der Waals surface area contributed by atoms with Crippen LogP contribution in [0.5, 0.6) is 0 Å². The number of amides is 2. The molecule has 4 heterocycles. The van der Waals surface area contributed by atoms with Gasteiger partial charge in [0.1, 0.15) is 17.5 Å². The van der Waals surface area contributed by atoms with Gasteiger partial charge in [0.05, 0.1) is 11.3 Å². The average molecular weight is 573 g/mol. The van der Waals surface area contributed by atoms with Gasteiger partial charge in [0.25, 0.3) is 11.8 Å². The number of carboxylic acid groups (broad SMARTS) is 1. The Balaban J connectivity index is 1.32. The van der Waals surface area contributed by atoms with Crippen LogP contribution < -0.4 is 15.6 Å². The van der Waals surface area contributed by atoms with Crippen molar-refractivity contribution in [2.24, 2.45) is 5.16 Å². The van der Waals surface area contributed by atoms with E-state index in [0.717, 1.165) is 42.8 Å². The number of pyridine rings is 1. The van der Waals surface area contributed by atoms with E-state index >= 15 is 0 Å². The topological polar surface area (TPSA) is 181 Å². The minimum absolute atomic E-state index is 0.0190. The van der Waals surface area contributed by atoms with E-state index in [0.29, 0.717) is 12.3 Å². The van der Waals surface area contributed by atoms with Crippen molar-refractivity contribution in [1.29, 1.82) is 0 Å². The van der Waals surface area contributed by atoms with Crippen LogP contribution in [0.3, 0.4) is 0 Å². The number of nitrogen functional groups attached to an aromatic ring is 1. The molecule has 39 heavy (non-hydrogen) atoms. The molecule has 2 aromatic heterocycles. The van der Waals surface area contributed by atoms with Crippen LogP contribution in [0.25, 0.3) is 0 Å². The number of carbonyl (C=O) groups excluding carboxylic acids is 3. The average Bonchev–Trinajstić information content (AvgIpc) is 3.59. The van der Waals surface area contributed by atoms with E-state index in [1.165, 1.54) is 35.7 Å². The number of hydrogen-bond donors (Lipinski definition) is 3. The normalized spacial score (nSPS) is 21.4. The van der Waals surface area contributed by atoms with E-state index in [4.69, 9.17) is 15.7 Å². The summed E-state index contributed by atoms with van der Waals surface area (Å²) in [5, 5.41) is 15.6. The monoisotopic (exact) mass is 572 g/mol. The number of ketones is 1. The van der Waals surface area contributed by atoms with Gasteiger partial charge in [-0.25, -0.2) is 9.36 Å². The Labute approximate surface area is 231 Å². The van der Waals surface area contributed by atoms with Gasteiger partial charge in [-0.2, -0.15) is 9.36 Å². The number of oxime groups is 1. The number of carboxylic acids is 1. The molecule has 2 amide bonds. The largest absolute Gasteiger partial charge is 0.478 e. The summed E-state index contributed by atoms with van der Waals surface area (Å²) < 4.78 is 5.83. The van der Waals surface area contributed by atoms with Crippen molar-refractivity contribution in [3.05, 3.63) is 47.2 Å². The molecule has 0 bridgehead atoms. The first-order valence-corrected chi connectivity index (χ1v) is 14.1. The minimum atomic E-state index is -1.03. The molecule has 13 nitrogen and oxygen atoms in total. The van der Waals surface area contributed by atoms with Gasteiger partial charge < -0.3 is 21.0 Å². The van der Waals surface area contributed by atoms with Crippen LogP contribution in [0, 0.1) is 0 Å². The zero-order valence-electron chi connectivity index (χ0n) is 20.9. The number of nitrogens with zero attached hydrogens (tertiary/aromatic N) is 5. The fraction of sp³-hybridized carbons (Fsp3) is 0.417. The van der Waals surface area contributed by atoms with Gasteiger partial charge >= 0.3 is 5.97 Å². The van der Waals surface area contributed by atoms with Gasteiger partial charge in [-0.15, -0.1) is 11.8 Å². The van der Waals surface area contributed by atoms with Gasteiger partial charge in [-0.1, -0.05) is 5.16 Å². The lowest BCUT2D eigenvalue weighted by Gasteiger charge is -2.49. The number of hydrogen-bond acceptors (Lipinski definition) is 11. The SMILES string of the molecule is CC(=O)C1=C(C[n+]2ccc(C(=O)O)cc2)CS[C@H]2C(NC(=O)C(=NOC3CCCC3)c3nsc(N)n3)C(=O)N12. The van der Waals surface area contributed by atoms with Crippen molar-refractivity contribution < 1.29 is 33.7 Å². The number of carbonyl (C=O) groups is 4. The molecule has 15 heteroatoms. The molecule has 2 atom stereocenters. The lowest BCUT2D eigenvalue weighted by atomic mass is 10.0. The quantitative estimate of drug-likeness (QED) is 0.168. The van der Waals surface area contributed by atoms with E-state index < -0.39 is 29.2 Å². The molecule has 4 N–H and O–H groups in total. The van der Waals surface area contributed by atoms with Crippen LogP contribution >= 0.6 is 23.3 Å². The maximum atomic E-state index is 13.2. The van der Waals surface area contributed by atoms with Crippen LogP contribution in [0.4, 0.5) is 5.13 Å². The first kappa shape index (κ1) is 26.7. The van der Waals surface area contributed by atoms with Crippen molar-refractivity contribution in [2.45, 2.75) is 56.7 Å². The summed E-state index contributed by atoms with van der Waals surface area (Å²) in [7, 11) is 0. The summed E-state index contributed by atoms with van der Waals surface area (Å²) in [6.45, 7) is 1.70. The Morgan fingerprint density at radius 3 is 2.62 bits per heavy atom. The molecule has 0 aromatic carbocycles. The predicted molar refractivity (Wildman–Crippen MR) is 141 cm³/mol. The van der Waals surface area contributed by atoms with Crippen molar-refractivity contribution in [3.8, 4) is 0 Å². The Hall–Kier alpha value is -3.85. The highest BCUT2D eigenvalue weighted by Gasteiger charge is 2.54. The third kappa shape index (κ3) is 5.49. The van der Waals surface area contributed by atoms with Crippen LogP contribution in [0.15, 0.2) is 41.0 Å². The number of Topliss-reactive ketones (excluding diaryl/α,β-unsaturated/α-hetero) is 1. The molecule has 0 radical (unpaired) electrons. The second kappa shape index (κ2) is 11.1. The predicted octanol–water partition coefficient (Wildman–Crippen LogP) is 0.713. The Kier molecular flexibility index (Phi) is 7.61. The van der Waals surface area contributed by atoms with E-state index in [-0.39, 0.29) is 39.8 Å². The Morgan fingerprint density at radius 2 is 2.00 bits per heavy atom. The van der Waals surface area contributed by atoms with Gasteiger partial charge in [-0.05, 0) is 25.7 Å². The third-order valence-electron chi connectivity index (χ3n) is 6.64. The number of nitrogens with two attached hydrogens (primary N) is 1. The number of thioether (sulfide) groups is 1. The standard InChI is InChI=1S/C24H25N7O6S2/c1-12(32)18-14(10-30-8-6-13(7-9-30)23(35)36)11-38-22-17(21(34)31(18)22)26-20(33)16(19-27-24(25)39-29-19)28-37-15-4-2-3-5-15/h6-9,15,17,22H,2-5,10-11H2,1H3,(H3-,25,26,27,29,33,35,36)/p+1/t17?,22-/m0/s1. The molecular formula is C24H26N7O6S2+. The van der Waals surface area contributed by atoms with Crippen LogP contribution in [-0.2, 0) is 25.8 Å². The number of β-lactam (4-membered cyclic amide) rings is 1. The molecule has 2 aromatic rings. The van der Waals surface area contributed by atoms with Gasteiger partial charge in [0, 0.05) is 41.9 Å². The van der Waals surface area contributed by atoms with Gasteiger partial charge in [-0.3, -0.25) is 19.3 Å². The van der Waals surface area contributed by atoms with E-state index in [2.05, 4.69) is 19.8 Å². The molecule has 2 aliphatic heterocycles. The summed E-state index contributed by atoms with van der Waals surface area (Å²) in [4.78, 5) is 61.2. The molecular weight excluding hydrogens is 546 g/mol. The highest BCUT2D eigenvalue weighted by atomic mass is 32.2. The highest BCUT2D eigenvalue weighted by Crippen LogP contribution is 2.40. The highest BCUT2D eigenvalue weighted by molar-refractivity contribution is 8.00. The number of fused-ring (bicyclic) bond motifs is 1. The molecule has 1 aliphatic carbocycles. The Morgan fingerprint density at radius 1 is 1.28 bits per heavy atom. The number of anilines is 1. The van der Waals surface area contributed by atoms with Crippen LogP contribution in [0.2, 0.25) is 0 Å². The summed E-state index contributed by atoms with van der Waals surface area (Å²) in [6.07, 6.45) is 6.84. The number of allylic oxidation sites excluding steroid dienone is 1. The number of aromatic carboxylic acids is 1. The zero-order valence-corrected chi connectivity index (χ0v) is 22.5. The van der Waals surface area contributed by atoms with E-state index in [9.17, 15) is 19.2 Å². The fourth-order valence-corrected chi connectivity index (χ4v) is 6.51. The molecule has 1 unspecified atom stereocenters. The summed E-state index contributed by atoms with van der Waals surface area (Å²) in [5.74, 6) is -1.93. The van der Waals surface area contributed by atoms with Crippen LogP contribution in [-0.4, -0.2) is 71.9 Å². The first-order valence-electron chi connectivity index (χ1n) is 12.3. The minimum Gasteiger partial charge on any atom is -0.478 e. The van der Waals surface area contributed by atoms with Crippen LogP contribution in [0.1, 0.15) is 48.8 Å². The molecule has 3 aliphatic rings. The van der Waals surface area contributed by atoms with E-state index in [1.54, 1.807) is 17.0 Å². The number of rotatable bonds is 9. The van der Waals surface area contributed by atoms with Crippen molar-refractivity contribution in [2.75, 3.05) is 11.5 Å². The van der Waals surface area contributed by atoms with Gasteiger partial charge in [0.2, 0.25) is 11.5 Å². The summed E-state index contributed by atoms with van der Waals surface area (Å²) in [6, 6.07) is 2.06. The molecule has 1 saturated heterocycles. The van der Waals surface area contributed by atoms with Crippen molar-refractivity contribution >= 4 is 57.7 Å². The fourth-order valence-electron chi connectivity index (χ4n) is 4.74. The van der Waals surface area contributed by atoms with Crippen molar-refractivity contribution in [3.63, 3.8) is 0 Å². The smallest absolute Gasteiger partial charge is 0.336 e. The molecule has 204 valence electrons. The van der Waals surface area contributed by atoms with Crippen molar-refractivity contribution in [1.82, 2.24) is 19.6 Å². The lowest BCUT2D eigenvalue weighted by molar-refractivity contribution is -0.689. The molecule has 0 spiro atoms. The first-order chi connectivity index (χ1) is 18.7. The summed E-state index contributed by atoms with van der Waals surface area (Å²) >= 11 is 2.34.